The molecule has 1 aromatic carbocycles. The van der Waals surface area contributed by atoms with Gasteiger partial charge < -0.3 is 23.7 Å². The Hall–Kier alpha value is -2.74. The number of halogens is 1. The van der Waals surface area contributed by atoms with Crippen molar-refractivity contribution < 1.29 is 36.7 Å². The van der Waals surface area contributed by atoms with Crippen molar-refractivity contribution in [1.29, 1.82) is 0 Å². The number of amides is 2. The zero-order chi connectivity index (χ0) is 25.0. The van der Waals surface area contributed by atoms with Gasteiger partial charge in [-0.1, -0.05) is 0 Å². The molecule has 0 saturated carbocycles. The highest BCUT2D eigenvalue weighted by molar-refractivity contribution is 9.10. The van der Waals surface area contributed by atoms with Gasteiger partial charge in [-0.3, -0.25) is 9.59 Å². The lowest BCUT2D eigenvalue weighted by atomic mass is 10.2. The number of morpholine rings is 1. The zero-order valence-corrected chi connectivity index (χ0v) is 21.1. The summed E-state index contributed by atoms with van der Waals surface area (Å²) >= 11 is 3.24. The van der Waals surface area contributed by atoms with Crippen molar-refractivity contribution in [2.45, 2.75) is 4.90 Å². The number of carbonyl (C=O) groups is 3. The number of hydrogen-bond donors (Lipinski definition) is 0. The van der Waals surface area contributed by atoms with E-state index in [1.807, 2.05) is 0 Å². The van der Waals surface area contributed by atoms with E-state index >= 15 is 0 Å². The summed E-state index contributed by atoms with van der Waals surface area (Å²) in [5.74, 6) is -1.22. The topological polar surface area (TPSA) is 127 Å². The third-order valence-electron chi connectivity index (χ3n) is 5.73. The van der Waals surface area contributed by atoms with E-state index in [4.69, 9.17) is 13.9 Å². The van der Waals surface area contributed by atoms with Gasteiger partial charge in [-0.25, -0.2) is 13.2 Å². The van der Waals surface area contributed by atoms with E-state index in [0.29, 0.717) is 43.9 Å². The van der Waals surface area contributed by atoms with Crippen molar-refractivity contribution in [3.8, 4) is 0 Å². The Kier molecular flexibility index (Phi) is 7.89. The molecular formula is C22H24BrN3O8S. The first kappa shape index (κ1) is 25.4. The van der Waals surface area contributed by atoms with Gasteiger partial charge in [0, 0.05) is 43.7 Å². The molecule has 0 unspecified atom stereocenters. The van der Waals surface area contributed by atoms with Crippen LogP contribution in [0.5, 0.6) is 0 Å². The SMILES string of the molecule is O=C(OCC(=O)N1CCN(C(=O)c2ccco2)CC1)c1ccc(Br)c(S(=O)(=O)N2CCOCC2)c1. The molecule has 13 heteroatoms. The Morgan fingerprint density at radius 1 is 0.971 bits per heavy atom. The second-order valence-corrected chi connectivity index (χ2v) is 10.6. The summed E-state index contributed by atoms with van der Waals surface area (Å²) in [6.07, 6.45) is 1.42. The van der Waals surface area contributed by atoms with Crippen LogP contribution in [0.4, 0.5) is 0 Å². The molecule has 0 N–H and O–H groups in total. The second-order valence-electron chi connectivity index (χ2n) is 7.89. The summed E-state index contributed by atoms with van der Waals surface area (Å²) in [5.41, 5.74) is 0.0155. The van der Waals surface area contributed by atoms with Crippen LogP contribution < -0.4 is 0 Å². The predicted octanol–water partition coefficient (Wildman–Crippen LogP) is 1.20. The van der Waals surface area contributed by atoms with Crippen LogP contribution in [0.2, 0.25) is 0 Å². The largest absolute Gasteiger partial charge is 0.459 e. The van der Waals surface area contributed by atoms with Crippen molar-refractivity contribution >= 4 is 43.7 Å². The summed E-state index contributed by atoms with van der Waals surface area (Å²) in [5, 5.41) is 0. The minimum atomic E-state index is -3.84. The van der Waals surface area contributed by atoms with Gasteiger partial charge in [-0.05, 0) is 46.3 Å². The second kappa shape index (κ2) is 10.9. The van der Waals surface area contributed by atoms with E-state index in [0.717, 1.165) is 0 Å². The average Bonchev–Trinajstić information content (AvgIpc) is 3.42. The molecule has 0 atom stereocenters. The average molecular weight is 570 g/mol. The maximum absolute atomic E-state index is 13.0. The fourth-order valence-corrected chi connectivity index (χ4v) is 6.13. The fraction of sp³-hybridized carbons (Fsp3) is 0.409. The van der Waals surface area contributed by atoms with Crippen LogP contribution in [0.25, 0.3) is 0 Å². The quantitative estimate of drug-likeness (QED) is 0.475. The highest BCUT2D eigenvalue weighted by atomic mass is 79.9. The Bertz CT molecular complexity index is 1190. The summed E-state index contributed by atoms with van der Waals surface area (Å²) in [6, 6.07) is 7.34. The third kappa shape index (κ3) is 5.74. The van der Waals surface area contributed by atoms with Gasteiger partial charge in [0.15, 0.2) is 12.4 Å². The van der Waals surface area contributed by atoms with Crippen LogP contribution in [0, 0.1) is 0 Å². The summed E-state index contributed by atoms with van der Waals surface area (Å²) in [4.78, 5) is 40.5. The van der Waals surface area contributed by atoms with E-state index in [-0.39, 0.29) is 35.2 Å². The first-order chi connectivity index (χ1) is 16.8. The van der Waals surface area contributed by atoms with Gasteiger partial charge in [-0.2, -0.15) is 4.31 Å². The molecule has 2 aromatic rings. The van der Waals surface area contributed by atoms with Crippen LogP contribution in [-0.2, 0) is 24.3 Å². The molecule has 2 amide bonds. The van der Waals surface area contributed by atoms with E-state index in [1.165, 1.54) is 33.7 Å². The first-order valence-corrected chi connectivity index (χ1v) is 13.2. The van der Waals surface area contributed by atoms with Gasteiger partial charge >= 0.3 is 5.97 Å². The molecule has 1 aromatic heterocycles. The molecule has 0 radical (unpaired) electrons. The molecule has 2 aliphatic rings. The van der Waals surface area contributed by atoms with Gasteiger partial charge in [0.1, 0.15) is 0 Å². The van der Waals surface area contributed by atoms with Crippen LogP contribution in [-0.4, -0.2) is 99.4 Å². The Morgan fingerprint density at radius 2 is 1.66 bits per heavy atom. The number of rotatable bonds is 6. The van der Waals surface area contributed by atoms with Gasteiger partial charge in [0.25, 0.3) is 11.8 Å². The molecule has 2 saturated heterocycles. The highest BCUT2D eigenvalue weighted by Gasteiger charge is 2.30. The Labute approximate surface area is 210 Å². The smallest absolute Gasteiger partial charge is 0.338 e. The van der Waals surface area contributed by atoms with E-state index in [2.05, 4.69) is 15.9 Å². The number of piperazine rings is 1. The van der Waals surface area contributed by atoms with Gasteiger partial charge in [0.05, 0.1) is 29.9 Å². The maximum atomic E-state index is 13.0. The van der Waals surface area contributed by atoms with Gasteiger partial charge in [-0.15, -0.1) is 0 Å². The van der Waals surface area contributed by atoms with Crippen molar-refractivity contribution in [2.24, 2.45) is 0 Å². The molecule has 0 aliphatic carbocycles. The summed E-state index contributed by atoms with van der Waals surface area (Å²) in [6.45, 7) is 1.79. The highest BCUT2D eigenvalue weighted by Crippen LogP contribution is 2.27. The number of carbonyl (C=O) groups excluding carboxylic acids is 3. The van der Waals surface area contributed by atoms with Gasteiger partial charge in [0.2, 0.25) is 10.0 Å². The number of sulfonamides is 1. The lowest BCUT2D eigenvalue weighted by Gasteiger charge is -2.34. The number of furan rings is 1. The minimum Gasteiger partial charge on any atom is -0.459 e. The Balaban J connectivity index is 1.33. The number of ether oxygens (including phenoxy) is 2. The normalized spacial score (nSPS) is 17.3. The molecule has 3 heterocycles. The molecule has 0 bridgehead atoms. The van der Waals surface area contributed by atoms with Crippen molar-refractivity contribution in [3.63, 3.8) is 0 Å². The maximum Gasteiger partial charge on any atom is 0.338 e. The summed E-state index contributed by atoms with van der Waals surface area (Å²) < 4.78 is 43.1. The van der Waals surface area contributed by atoms with E-state index in [1.54, 1.807) is 17.0 Å². The molecule has 2 fully saturated rings. The van der Waals surface area contributed by atoms with Crippen LogP contribution in [0.1, 0.15) is 20.9 Å². The van der Waals surface area contributed by atoms with Crippen molar-refractivity contribution in [3.05, 3.63) is 52.4 Å². The number of hydrogen-bond acceptors (Lipinski definition) is 8. The summed E-state index contributed by atoms with van der Waals surface area (Å²) in [7, 11) is -3.84. The first-order valence-electron chi connectivity index (χ1n) is 10.9. The fourth-order valence-electron chi connectivity index (χ4n) is 3.77. The lowest BCUT2D eigenvalue weighted by Crippen LogP contribution is -2.51. The number of nitrogens with zero attached hydrogens (tertiary/aromatic N) is 3. The van der Waals surface area contributed by atoms with Crippen molar-refractivity contribution in [1.82, 2.24) is 14.1 Å². The van der Waals surface area contributed by atoms with Crippen LogP contribution in [0.15, 0.2) is 50.4 Å². The van der Waals surface area contributed by atoms with E-state index < -0.39 is 28.5 Å². The standard InChI is InChI=1S/C22H24BrN3O8S/c23-17-4-3-16(14-19(17)35(30,31)26-9-12-32-13-10-26)22(29)34-15-20(27)24-5-7-25(8-6-24)21(28)18-2-1-11-33-18/h1-4,11,14H,5-10,12-13,15H2. The number of benzene rings is 1. The third-order valence-corrected chi connectivity index (χ3v) is 8.63. The molecule has 0 spiro atoms. The molecular weight excluding hydrogens is 546 g/mol. The van der Waals surface area contributed by atoms with Crippen LogP contribution in [0.3, 0.4) is 0 Å². The molecule has 4 rings (SSSR count). The molecule has 2 aliphatic heterocycles. The monoisotopic (exact) mass is 569 g/mol. The molecule has 188 valence electrons. The van der Waals surface area contributed by atoms with Crippen molar-refractivity contribution in [2.75, 3.05) is 59.1 Å². The Morgan fingerprint density at radius 3 is 2.31 bits per heavy atom. The zero-order valence-electron chi connectivity index (χ0n) is 18.7. The molecule has 35 heavy (non-hydrogen) atoms. The minimum absolute atomic E-state index is 0.0155. The lowest BCUT2D eigenvalue weighted by molar-refractivity contribution is -0.136. The van der Waals surface area contributed by atoms with Crippen LogP contribution >= 0.6 is 15.9 Å². The van der Waals surface area contributed by atoms with E-state index in [9.17, 15) is 22.8 Å². The number of esters is 1. The molecule has 11 nitrogen and oxygen atoms in total. The predicted molar refractivity (Wildman–Crippen MR) is 125 cm³/mol.